The van der Waals surface area contributed by atoms with Crippen molar-refractivity contribution in [3.63, 3.8) is 0 Å². The zero-order valence-electron chi connectivity index (χ0n) is 16.8. The van der Waals surface area contributed by atoms with Gasteiger partial charge in [0.2, 0.25) is 0 Å². The Morgan fingerprint density at radius 1 is 1.10 bits per heavy atom. The third kappa shape index (κ3) is 5.95. The highest BCUT2D eigenvalue weighted by molar-refractivity contribution is 7.09. The first-order valence-corrected chi connectivity index (χ1v) is 10.6. The van der Waals surface area contributed by atoms with Crippen molar-refractivity contribution in [3.05, 3.63) is 74.7 Å². The Kier molecular flexibility index (Phi) is 7.68. The van der Waals surface area contributed by atoms with Crippen LogP contribution >= 0.6 is 22.9 Å². The molecule has 0 amide bonds. The number of hydrogen-bond donors (Lipinski definition) is 1. The number of benzene rings is 2. The molecule has 0 unspecified atom stereocenters. The highest BCUT2D eigenvalue weighted by Crippen LogP contribution is 2.28. The van der Waals surface area contributed by atoms with Crippen molar-refractivity contribution >= 4 is 28.9 Å². The maximum Gasteiger partial charge on any atom is 0.355 e. The first kappa shape index (κ1) is 22.1. The van der Waals surface area contributed by atoms with Crippen molar-refractivity contribution in [3.8, 4) is 11.5 Å². The van der Waals surface area contributed by atoms with E-state index in [1.54, 1.807) is 19.6 Å². The zero-order chi connectivity index (χ0) is 21.5. The number of halogens is 1. The molecule has 0 aliphatic heterocycles. The molecule has 6 nitrogen and oxygen atoms in total. The van der Waals surface area contributed by atoms with E-state index in [0.29, 0.717) is 29.6 Å². The summed E-state index contributed by atoms with van der Waals surface area (Å²) in [5, 5.41) is 12.2. The predicted molar refractivity (Wildman–Crippen MR) is 118 cm³/mol. The van der Waals surface area contributed by atoms with Gasteiger partial charge in [-0.3, -0.25) is 4.90 Å². The number of carboxylic acids is 1. The smallest absolute Gasteiger partial charge is 0.355 e. The molecule has 0 aliphatic rings. The van der Waals surface area contributed by atoms with Gasteiger partial charge in [0.05, 0.1) is 20.8 Å². The molecule has 0 radical (unpaired) electrons. The van der Waals surface area contributed by atoms with Gasteiger partial charge in [0.1, 0.15) is 5.01 Å². The van der Waals surface area contributed by atoms with Gasteiger partial charge < -0.3 is 14.6 Å². The van der Waals surface area contributed by atoms with Crippen molar-refractivity contribution < 1.29 is 19.4 Å². The van der Waals surface area contributed by atoms with Gasteiger partial charge in [-0.05, 0) is 41.8 Å². The number of nitrogens with zero attached hydrogens (tertiary/aromatic N) is 2. The molecule has 0 spiro atoms. The summed E-state index contributed by atoms with van der Waals surface area (Å²) in [4.78, 5) is 17.6. The molecule has 8 heteroatoms. The van der Waals surface area contributed by atoms with Crippen LogP contribution in [-0.4, -0.2) is 41.7 Å². The summed E-state index contributed by atoms with van der Waals surface area (Å²) < 4.78 is 10.7. The normalized spacial score (nSPS) is 10.9. The van der Waals surface area contributed by atoms with Crippen LogP contribution in [0.25, 0.3) is 0 Å². The molecular weight excluding hydrogens is 424 g/mol. The summed E-state index contributed by atoms with van der Waals surface area (Å²) in [6.45, 7) is 1.98. The van der Waals surface area contributed by atoms with Gasteiger partial charge in [0.25, 0.3) is 0 Å². The number of hydrogen-bond acceptors (Lipinski definition) is 6. The maximum absolute atomic E-state index is 11.1. The molecule has 1 N–H and O–H groups in total. The fraction of sp³-hybridized carbons (Fsp3) is 0.273. The van der Waals surface area contributed by atoms with Gasteiger partial charge in [-0.1, -0.05) is 29.8 Å². The van der Waals surface area contributed by atoms with Gasteiger partial charge in [-0.25, -0.2) is 9.78 Å². The van der Waals surface area contributed by atoms with E-state index in [1.807, 2.05) is 42.5 Å². The number of rotatable bonds is 10. The van der Waals surface area contributed by atoms with Crippen LogP contribution in [0.5, 0.6) is 11.5 Å². The third-order valence-electron chi connectivity index (χ3n) is 4.59. The third-order valence-corrected chi connectivity index (χ3v) is 5.66. The van der Waals surface area contributed by atoms with Crippen molar-refractivity contribution in [1.29, 1.82) is 0 Å². The van der Waals surface area contributed by atoms with E-state index < -0.39 is 5.97 Å². The fourth-order valence-electron chi connectivity index (χ4n) is 3.10. The topological polar surface area (TPSA) is 71.9 Å². The lowest BCUT2D eigenvalue weighted by atomic mass is 10.1. The number of carboxylic acid groups (broad SMARTS) is 1. The molecule has 0 saturated heterocycles. The molecule has 30 heavy (non-hydrogen) atoms. The predicted octanol–water partition coefficient (Wildman–Crippen LogP) is 4.76. The molecule has 1 aromatic heterocycles. The van der Waals surface area contributed by atoms with Crippen LogP contribution in [0.2, 0.25) is 5.02 Å². The highest BCUT2D eigenvalue weighted by Gasteiger charge is 2.14. The molecule has 2 aromatic carbocycles. The standard InChI is InChI=1S/C22H23ClN2O4S/c1-28-19-7-6-15(11-20(19)29-2)8-9-25(12-16-4-3-5-17(23)10-16)13-21-24-18(14-30-21)22(26)27/h3-7,10-11,14H,8-9,12-13H2,1-2H3,(H,26,27). The summed E-state index contributed by atoms with van der Waals surface area (Å²) in [5.74, 6) is 0.382. The number of thiazole rings is 1. The van der Waals surface area contributed by atoms with Crippen LogP contribution in [-0.2, 0) is 19.5 Å². The summed E-state index contributed by atoms with van der Waals surface area (Å²) in [5.41, 5.74) is 2.29. The molecule has 3 aromatic rings. The van der Waals surface area contributed by atoms with E-state index in [4.69, 9.17) is 26.2 Å². The van der Waals surface area contributed by atoms with Crippen molar-refractivity contribution in [2.75, 3.05) is 20.8 Å². The second-order valence-electron chi connectivity index (χ2n) is 6.71. The molecule has 0 aliphatic carbocycles. The number of carbonyl (C=O) groups is 1. The highest BCUT2D eigenvalue weighted by atomic mass is 35.5. The van der Waals surface area contributed by atoms with E-state index >= 15 is 0 Å². The van der Waals surface area contributed by atoms with Gasteiger partial charge in [-0.15, -0.1) is 11.3 Å². The average molecular weight is 447 g/mol. The first-order valence-electron chi connectivity index (χ1n) is 9.34. The Morgan fingerprint density at radius 3 is 2.57 bits per heavy atom. The second kappa shape index (κ2) is 10.4. The number of ether oxygens (including phenoxy) is 2. The van der Waals surface area contributed by atoms with E-state index in [0.717, 1.165) is 29.1 Å². The molecule has 158 valence electrons. The Balaban J connectivity index is 1.75. The lowest BCUT2D eigenvalue weighted by molar-refractivity contribution is 0.0691. The second-order valence-corrected chi connectivity index (χ2v) is 8.09. The van der Waals surface area contributed by atoms with E-state index in [1.165, 1.54) is 11.3 Å². The summed E-state index contributed by atoms with van der Waals surface area (Å²) >= 11 is 7.50. The lowest BCUT2D eigenvalue weighted by Gasteiger charge is -2.22. The molecular formula is C22H23ClN2O4S. The minimum atomic E-state index is -1.01. The zero-order valence-corrected chi connectivity index (χ0v) is 18.4. The lowest BCUT2D eigenvalue weighted by Crippen LogP contribution is -2.25. The molecule has 0 saturated carbocycles. The van der Waals surface area contributed by atoms with Crippen LogP contribution in [0.1, 0.15) is 26.6 Å². The molecule has 0 atom stereocenters. The van der Waals surface area contributed by atoms with Crippen molar-refractivity contribution in [2.24, 2.45) is 0 Å². The van der Waals surface area contributed by atoms with E-state index in [9.17, 15) is 4.79 Å². The minimum Gasteiger partial charge on any atom is -0.493 e. The quantitative estimate of drug-likeness (QED) is 0.484. The molecule has 3 rings (SSSR count). The van der Waals surface area contributed by atoms with Crippen molar-refractivity contribution in [1.82, 2.24) is 9.88 Å². The Bertz CT molecular complexity index is 1010. The summed E-state index contributed by atoms with van der Waals surface area (Å²) in [6.07, 6.45) is 0.790. The average Bonchev–Trinajstić information content (AvgIpc) is 3.20. The number of aromatic carboxylic acids is 1. The number of aromatic nitrogens is 1. The minimum absolute atomic E-state index is 0.0811. The SMILES string of the molecule is COc1ccc(CCN(Cc2cccc(Cl)c2)Cc2nc(C(=O)O)cs2)cc1OC. The summed E-state index contributed by atoms with van der Waals surface area (Å²) in [7, 11) is 3.24. The van der Waals surface area contributed by atoms with Gasteiger partial charge in [0.15, 0.2) is 17.2 Å². The molecule has 1 heterocycles. The largest absolute Gasteiger partial charge is 0.493 e. The van der Waals surface area contributed by atoms with Crippen LogP contribution in [0.4, 0.5) is 0 Å². The number of methoxy groups -OCH3 is 2. The van der Waals surface area contributed by atoms with Crippen LogP contribution in [0.15, 0.2) is 47.8 Å². The monoisotopic (exact) mass is 446 g/mol. The van der Waals surface area contributed by atoms with Gasteiger partial charge >= 0.3 is 5.97 Å². The van der Waals surface area contributed by atoms with Crippen molar-refractivity contribution in [2.45, 2.75) is 19.5 Å². The maximum atomic E-state index is 11.1. The molecule has 0 bridgehead atoms. The Hall–Kier alpha value is -2.61. The van der Waals surface area contributed by atoms with Gasteiger partial charge in [0, 0.05) is 23.5 Å². The summed E-state index contributed by atoms with van der Waals surface area (Å²) in [6, 6.07) is 13.6. The Labute approximate surface area is 184 Å². The molecule has 0 fully saturated rings. The first-order chi connectivity index (χ1) is 14.5. The Morgan fingerprint density at radius 2 is 1.90 bits per heavy atom. The fourth-order valence-corrected chi connectivity index (χ4v) is 4.13. The van der Waals surface area contributed by atoms with Gasteiger partial charge in [-0.2, -0.15) is 0 Å². The van der Waals surface area contributed by atoms with Crippen LogP contribution in [0, 0.1) is 0 Å². The van der Waals surface area contributed by atoms with E-state index in [-0.39, 0.29) is 5.69 Å². The van der Waals surface area contributed by atoms with Crippen LogP contribution < -0.4 is 9.47 Å². The van der Waals surface area contributed by atoms with E-state index in [2.05, 4.69) is 9.88 Å². The van der Waals surface area contributed by atoms with Crippen LogP contribution in [0.3, 0.4) is 0 Å².